The molecular weight excluding hydrogens is 272 g/mol. The van der Waals surface area contributed by atoms with Crippen LogP contribution >= 0.6 is 0 Å². The molecule has 2 fully saturated rings. The fourth-order valence-corrected chi connectivity index (χ4v) is 3.30. The molecule has 3 heterocycles. The summed E-state index contributed by atoms with van der Waals surface area (Å²) in [5, 5.41) is 3.96. The summed E-state index contributed by atoms with van der Waals surface area (Å²) in [5.41, 5.74) is 0.748. The van der Waals surface area contributed by atoms with E-state index < -0.39 is 0 Å². The van der Waals surface area contributed by atoms with Gasteiger partial charge in [-0.25, -0.2) is 0 Å². The fraction of sp³-hybridized carbons (Fsp3) is 0.733. The van der Waals surface area contributed by atoms with Gasteiger partial charge in [0.2, 0.25) is 5.76 Å². The van der Waals surface area contributed by atoms with Gasteiger partial charge in [0.25, 0.3) is 5.91 Å². The topological polar surface area (TPSA) is 64.8 Å². The van der Waals surface area contributed by atoms with E-state index in [4.69, 9.17) is 14.0 Å². The van der Waals surface area contributed by atoms with Gasteiger partial charge in [-0.1, -0.05) is 19.0 Å². The third-order valence-corrected chi connectivity index (χ3v) is 4.57. The van der Waals surface area contributed by atoms with Crippen LogP contribution in [0.25, 0.3) is 0 Å². The molecule has 0 bridgehead atoms. The number of methoxy groups -OCH3 is 1. The fourth-order valence-electron chi connectivity index (χ4n) is 3.30. The monoisotopic (exact) mass is 294 g/mol. The molecule has 0 radical (unpaired) electrons. The van der Waals surface area contributed by atoms with E-state index in [-0.39, 0.29) is 17.2 Å². The molecule has 2 saturated heterocycles. The third kappa shape index (κ3) is 2.46. The Hall–Kier alpha value is -1.40. The minimum Gasteiger partial charge on any atom is -0.384 e. The van der Waals surface area contributed by atoms with Crippen LogP contribution in [0.2, 0.25) is 0 Å². The summed E-state index contributed by atoms with van der Waals surface area (Å²) in [6.07, 6.45) is 0. The van der Waals surface area contributed by atoms with Crippen molar-refractivity contribution in [2.75, 3.05) is 40.0 Å². The van der Waals surface area contributed by atoms with Crippen molar-refractivity contribution in [1.29, 1.82) is 0 Å². The van der Waals surface area contributed by atoms with Crippen LogP contribution in [0.3, 0.4) is 0 Å². The molecule has 0 aromatic carbocycles. The number of hydrogen-bond acceptors (Lipinski definition) is 5. The van der Waals surface area contributed by atoms with Crippen molar-refractivity contribution in [3.05, 3.63) is 17.5 Å². The highest BCUT2D eigenvalue weighted by Gasteiger charge is 2.52. The summed E-state index contributed by atoms with van der Waals surface area (Å²) in [6, 6.07) is 1.75. The molecule has 2 atom stereocenters. The van der Waals surface area contributed by atoms with Crippen molar-refractivity contribution >= 4 is 5.91 Å². The van der Waals surface area contributed by atoms with Gasteiger partial charge in [0.1, 0.15) is 0 Å². The summed E-state index contributed by atoms with van der Waals surface area (Å²) in [4.78, 5) is 14.4. The largest absolute Gasteiger partial charge is 0.384 e. The van der Waals surface area contributed by atoms with Crippen LogP contribution in [0.4, 0.5) is 0 Å². The van der Waals surface area contributed by atoms with Crippen LogP contribution in [0, 0.1) is 11.3 Å². The van der Waals surface area contributed by atoms with Crippen LogP contribution in [-0.4, -0.2) is 56.0 Å². The molecule has 6 nitrogen and oxygen atoms in total. The SMILES string of the molecule is COC[C@@]12COC[C@@H]1CN(C(=O)c1cc(C(C)C)no1)C2. The van der Waals surface area contributed by atoms with Crippen molar-refractivity contribution in [3.8, 4) is 0 Å². The minimum atomic E-state index is -0.0840. The number of fused-ring (bicyclic) bond motifs is 1. The smallest absolute Gasteiger partial charge is 0.292 e. The van der Waals surface area contributed by atoms with Crippen molar-refractivity contribution < 1.29 is 18.8 Å². The summed E-state index contributed by atoms with van der Waals surface area (Å²) in [5.74, 6) is 0.835. The van der Waals surface area contributed by atoms with Crippen molar-refractivity contribution in [1.82, 2.24) is 10.1 Å². The van der Waals surface area contributed by atoms with Gasteiger partial charge >= 0.3 is 0 Å². The molecule has 2 aliphatic heterocycles. The van der Waals surface area contributed by atoms with Gasteiger partial charge in [0.05, 0.1) is 25.5 Å². The predicted octanol–water partition coefficient (Wildman–Crippen LogP) is 1.53. The van der Waals surface area contributed by atoms with Crippen LogP contribution in [0.15, 0.2) is 10.6 Å². The lowest BCUT2D eigenvalue weighted by Crippen LogP contribution is -2.36. The number of likely N-dealkylation sites (tertiary alicyclic amines) is 1. The standard InChI is InChI=1S/C15H22N2O4/c1-10(2)12-4-13(21-16-12)14(18)17-5-11-6-20-9-15(11,7-17)8-19-3/h4,10-11H,5-9H2,1-3H3/t11-,15-/m0/s1. The van der Waals surface area contributed by atoms with Gasteiger partial charge in [-0.15, -0.1) is 0 Å². The second-order valence-corrected chi connectivity index (χ2v) is 6.46. The van der Waals surface area contributed by atoms with Crippen LogP contribution in [-0.2, 0) is 9.47 Å². The Morgan fingerprint density at radius 2 is 2.43 bits per heavy atom. The van der Waals surface area contributed by atoms with E-state index in [2.05, 4.69) is 5.16 Å². The molecule has 6 heteroatoms. The van der Waals surface area contributed by atoms with E-state index in [0.29, 0.717) is 44.6 Å². The van der Waals surface area contributed by atoms with Crippen LogP contribution in [0.5, 0.6) is 0 Å². The lowest BCUT2D eigenvalue weighted by molar-refractivity contribution is 0.0474. The van der Waals surface area contributed by atoms with Crippen LogP contribution < -0.4 is 0 Å². The quantitative estimate of drug-likeness (QED) is 0.842. The first-order valence-corrected chi connectivity index (χ1v) is 7.38. The maximum absolute atomic E-state index is 12.6. The van der Waals surface area contributed by atoms with E-state index >= 15 is 0 Å². The second kappa shape index (κ2) is 5.42. The lowest BCUT2D eigenvalue weighted by atomic mass is 9.82. The first-order valence-electron chi connectivity index (χ1n) is 7.38. The molecule has 1 amide bonds. The molecule has 0 aliphatic carbocycles. The predicted molar refractivity (Wildman–Crippen MR) is 75.1 cm³/mol. The van der Waals surface area contributed by atoms with Gasteiger partial charge in [-0.3, -0.25) is 4.79 Å². The third-order valence-electron chi connectivity index (χ3n) is 4.57. The van der Waals surface area contributed by atoms with Gasteiger partial charge in [0.15, 0.2) is 0 Å². The summed E-state index contributed by atoms with van der Waals surface area (Å²) in [6.45, 7) is 7.37. The van der Waals surface area contributed by atoms with E-state index in [1.807, 2.05) is 18.7 Å². The maximum atomic E-state index is 12.6. The highest BCUT2D eigenvalue weighted by Crippen LogP contribution is 2.41. The Labute approximate surface area is 124 Å². The van der Waals surface area contributed by atoms with Gasteiger partial charge in [-0.2, -0.15) is 0 Å². The Kier molecular flexibility index (Phi) is 3.75. The molecule has 21 heavy (non-hydrogen) atoms. The van der Waals surface area contributed by atoms with E-state index in [1.54, 1.807) is 13.2 Å². The average Bonchev–Trinajstić information content (AvgIpc) is 3.10. The first kappa shape index (κ1) is 14.5. The van der Waals surface area contributed by atoms with Gasteiger partial charge in [-0.05, 0) is 5.92 Å². The number of aromatic nitrogens is 1. The Morgan fingerprint density at radius 1 is 1.62 bits per heavy atom. The summed E-state index contributed by atoms with van der Waals surface area (Å²) < 4.78 is 16.1. The highest BCUT2D eigenvalue weighted by atomic mass is 16.5. The summed E-state index contributed by atoms with van der Waals surface area (Å²) in [7, 11) is 1.69. The normalized spacial score (nSPS) is 28.4. The van der Waals surface area contributed by atoms with E-state index in [0.717, 1.165) is 5.69 Å². The van der Waals surface area contributed by atoms with Gasteiger partial charge in [0, 0.05) is 37.6 Å². The Morgan fingerprint density at radius 3 is 3.10 bits per heavy atom. The molecule has 0 saturated carbocycles. The first-order chi connectivity index (χ1) is 10.1. The average molecular weight is 294 g/mol. The lowest BCUT2D eigenvalue weighted by Gasteiger charge is -2.25. The number of rotatable bonds is 4. The number of nitrogens with zero attached hydrogens (tertiary/aromatic N) is 2. The number of hydrogen-bond donors (Lipinski definition) is 0. The molecule has 0 N–H and O–H groups in total. The Balaban J connectivity index is 1.74. The number of ether oxygens (including phenoxy) is 2. The molecular formula is C15H22N2O4. The maximum Gasteiger partial charge on any atom is 0.292 e. The molecule has 2 aliphatic rings. The van der Waals surface area contributed by atoms with Crippen molar-refractivity contribution in [3.63, 3.8) is 0 Å². The molecule has 0 spiro atoms. The highest BCUT2D eigenvalue weighted by molar-refractivity contribution is 5.91. The van der Waals surface area contributed by atoms with Gasteiger partial charge < -0.3 is 18.9 Å². The zero-order valence-electron chi connectivity index (χ0n) is 12.8. The summed E-state index contributed by atoms with van der Waals surface area (Å²) >= 11 is 0. The molecule has 0 unspecified atom stereocenters. The molecule has 1 aromatic rings. The number of carbonyl (C=O) groups excluding carboxylic acids is 1. The molecule has 116 valence electrons. The van der Waals surface area contributed by atoms with E-state index in [9.17, 15) is 4.79 Å². The minimum absolute atomic E-state index is 0.0642. The second-order valence-electron chi connectivity index (χ2n) is 6.46. The zero-order valence-corrected chi connectivity index (χ0v) is 12.8. The van der Waals surface area contributed by atoms with Crippen molar-refractivity contribution in [2.45, 2.75) is 19.8 Å². The Bertz CT molecular complexity index is 527. The zero-order chi connectivity index (χ0) is 15.0. The number of carbonyl (C=O) groups is 1. The molecule has 3 rings (SSSR count). The number of amides is 1. The van der Waals surface area contributed by atoms with Crippen molar-refractivity contribution in [2.24, 2.45) is 11.3 Å². The van der Waals surface area contributed by atoms with E-state index in [1.165, 1.54) is 0 Å². The molecule has 1 aromatic heterocycles. The van der Waals surface area contributed by atoms with Crippen LogP contribution in [0.1, 0.15) is 36.0 Å².